The predicted molar refractivity (Wildman–Crippen MR) is 104 cm³/mol. The van der Waals surface area contributed by atoms with E-state index in [1.165, 1.54) is 12.1 Å². The van der Waals surface area contributed by atoms with Crippen molar-refractivity contribution in [3.63, 3.8) is 0 Å². The number of hydrogen-bond donors (Lipinski definition) is 3. The first-order valence-electron chi connectivity index (χ1n) is 8.92. The lowest BCUT2D eigenvalue weighted by molar-refractivity contribution is -0.139. The zero-order chi connectivity index (χ0) is 20.6. The molecule has 0 aliphatic heterocycles. The quantitative estimate of drug-likeness (QED) is 0.494. The van der Waals surface area contributed by atoms with E-state index >= 15 is 0 Å². The molecule has 2 aromatic carbocycles. The van der Waals surface area contributed by atoms with E-state index in [4.69, 9.17) is 5.11 Å². The number of benzene rings is 2. The van der Waals surface area contributed by atoms with Crippen LogP contribution < -0.4 is 4.72 Å². The van der Waals surface area contributed by atoms with E-state index < -0.39 is 28.0 Å². The molecule has 0 fully saturated rings. The van der Waals surface area contributed by atoms with Crippen molar-refractivity contribution in [3.05, 3.63) is 54.6 Å². The first kappa shape index (κ1) is 21.6. The van der Waals surface area contributed by atoms with Gasteiger partial charge < -0.3 is 10.2 Å². The van der Waals surface area contributed by atoms with Gasteiger partial charge in [-0.05, 0) is 36.1 Å². The molecule has 0 aromatic heterocycles. The van der Waals surface area contributed by atoms with Gasteiger partial charge in [0, 0.05) is 6.42 Å². The molecule has 28 heavy (non-hydrogen) atoms. The summed E-state index contributed by atoms with van der Waals surface area (Å²) in [7, 11) is -3.98. The molecule has 0 heterocycles. The molecule has 0 saturated carbocycles. The lowest BCUT2D eigenvalue weighted by atomic mass is 10.1. The van der Waals surface area contributed by atoms with Gasteiger partial charge in [-0.1, -0.05) is 55.3 Å². The topological polar surface area (TPSA) is 121 Å². The number of sulfonamides is 1. The normalized spacial score (nSPS) is 12.4. The summed E-state index contributed by atoms with van der Waals surface area (Å²) in [5.74, 6) is -2.17. The van der Waals surface area contributed by atoms with Crippen LogP contribution in [0.3, 0.4) is 0 Å². The molecule has 0 aliphatic carbocycles. The van der Waals surface area contributed by atoms with Crippen molar-refractivity contribution in [2.45, 2.75) is 43.0 Å². The van der Waals surface area contributed by atoms with Crippen molar-refractivity contribution >= 4 is 22.0 Å². The minimum atomic E-state index is -3.98. The van der Waals surface area contributed by atoms with Crippen molar-refractivity contribution in [2.24, 2.45) is 0 Å². The van der Waals surface area contributed by atoms with Gasteiger partial charge in [0.2, 0.25) is 10.0 Å². The van der Waals surface area contributed by atoms with E-state index in [2.05, 4.69) is 4.72 Å². The summed E-state index contributed by atoms with van der Waals surface area (Å²) in [6, 6.07) is 14.4. The first-order valence-corrected chi connectivity index (χ1v) is 10.4. The summed E-state index contributed by atoms with van der Waals surface area (Å²) in [4.78, 5) is 21.9. The van der Waals surface area contributed by atoms with Crippen LogP contribution in [0.5, 0.6) is 0 Å². The highest BCUT2D eigenvalue weighted by Crippen LogP contribution is 2.21. The van der Waals surface area contributed by atoms with Crippen molar-refractivity contribution in [2.75, 3.05) is 0 Å². The van der Waals surface area contributed by atoms with Gasteiger partial charge in [-0.15, -0.1) is 0 Å². The molecule has 8 heteroatoms. The van der Waals surface area contributed by atoms with Crippen molar-refractivity contribution < 1.29 is 28.2 Å². The van der Waals surface area contributed by atoms with Gasteiger partial charge in [0.15, 0.2) is 0 Å². The number of carboxylic acids is 2. The number of aliphatic carboxylic acids is 2. The lowest BCUT2D eigenvalue weighted by Crippen LogP contribution is -2.40. The highest BCUT2D eigenvalue weighted by Gasteiger charge is 2.25. The smallest absolute Gasteiger partial charge is 0.321 e. The highest BCUT2D eigenvalue weighted by atomic mass is 32.2. The standard InChI is InChI=1S/C20H23NO6S/c22-19(23)10-6-2-5-9-18(20(24)25)21-28(26,27)17-13-11-16(12-14-17)15-7-3-1-4-8-15/h1,3-4,7-8,11-14,18,21H,2,5-6,9-10H2,(H,22,23)(H,24,25)/t18-/m0/s1. The summed E-state index contributed by atoms with van der Waals surface area (Å²) in [5, 5.41) is 17.9. The number of hydrogen-bond acceptors (Lipinski definition) is 4. The molecule has 7 nitrogen and oxygen atoms in total. The average molecular weight is 405 g/mol. The van der Waals surface area contributed by atoms with Crippen LogP contribution in [0.15, 0.2) is 59.5 Å². The van der Waals surface area contributed by atoms with Gasteiger partial charge in [-0.25, -0.2) is 8.42 Å². The maximum atomic E-state index is 12.5. The molecule has 2 rings (SSSR count). The summed E-state index contributed by atoms with van der Waals surface area (Å²) in [5.41, 5.74) is 1.80. The summed E-state index contributed by atoms with van der Waals surface area (Å²) < 4.78 is 27.3. The van der Waals surface area contributed by atoms with Crippen LogP contribution in [0.1, 0.15) is 32.1 Å². The minimum absolute atomic E-state index is 0.00990. The Morgan fingerprint density at radius 3 is 2.04 bits per heavy atom. The van der Waals surface area contributed by atoms with E-state index in [0.717, 1.165) is 11.1 Å². The predicted octanol–water partition coefficient (Wildman–Crippen LogP) is 3.12. The highest BCUT2D eigenvalue weighted by molar-refractivity contribution is 7.89. The van der Waals surface area contributed by atoms with E-state index in [0.29, 0.717) is 19.3 Å². The van der Waals surface area contributed by atoms with Crippen molar-refractivity contribution in [3.8, 4) is 11.1 Å². The van der Waals surface area contributed by atoms with Gasteiger partial charge in [-0.3, -0.25) is 9.59 Å². The van der Waals surface area contributed by atoms with Gasteiger partial charge >= 0.3 is 11.9 Å². The molecule has 2 aromatic rings. The Bertz CT molecular complexity index is 894. The van der Waals surface area contributed by atoms with Crippen LogP contribution in [0.2, 0.25) is 0 Å². The molecular weight excluding hydrogens is 382 g/mol. The number of rotatable bonds is 11. The molecule has 0 radical (unpaired) electrons. The van der Waals surface area contributed by atoms with Gasteiger partial charge in [0.1, 0.15) is 6.04 Å². The van der Waals surface area contributed by atoms with Gasteiger partial charge in [0.25, 0.3) is 0 Å². The van der Waals surface area contributed by atoms with Gasteiger partial charge in [-0.2, -0.15) is 4.72 Å². The monoisotopic (exact) mass is 405 g/mol. The fourth-order valence-electron chi connectivity index (χ4n) is 2.75. The second-order valence-electron chi connectivity index (χ2n) is 6.40. The van der Waals surface area contributed by atoms with Crippen molar-refractivity contribution in [1.82, 2.24) is 4.72 Å². The largest absolute Gasteiger partial charge is 0.481 e. The van der Waals surface area contributed by atoms with Gasteiger partial charge in [0.05, 0.1) is 4.90 Å². The maximum absolute atomic E-state index is 12.5. The van der Waals surface area contributed by atoms with E-state index in [-0.39, 0.29) is 17.7 Å². The summed E-state index contributed by atoms with van der Waals surface area (Å²) in [6.07, 6.45) is 1.46. The SMILES string of the molecule is O=C(O)CCCCC[C@H](NS(=O)(=O)c1ccc(-c2ccccc2)cc1)C(=O)O. The van der Waals surface area contributed by atoms with Crippen LogP contribution in [-0.2, 0) is 19.6 Å². The maximum Gasteiger partial charge on any atom is 0.321 e. The first-order chi connectivity index (χ1) is 13.3. The Morgan fingerprint density at radius 1 is 0.857 bits per heavy atom. The van der Waals surface area contributed by atoms with E-state index in [9.17, 15) is 23.1 Å². The summed E-state index contributed by atoms with van der Waals surface area (Å²) >= 11 is 0. The minimum Gasteiger partial charge on any atom is -0.481 e. The van der Waals surface area contributed by atoms with Crippen LogP contribution in [0.4, 0.5) is 0 Å². The van der Waals surface area contributed by atoms with Crippen LogP contribution in [0, 0.1) is 0 Å². The van der Waals surface area contributed by atoms with Crippen molar-refractivity contribution in [1.29, 1.82) is 0 Å². The number of carboxylic acid groups (broad SMARTS) is 2. The molecule has 0 spiro atoms. The molecule has 0 aliphatic rings. The Balaban J connectivity index is 2.01. The third-order valence-corrected chi connectivity index (χ3v) is 5.74. The number of nitrogens with one attached hydrogen (secondary N) is 1. The second kappa shape index (κ2) is 10.0. The second-order valence-corrected chi connectivity index (χ2v) is 8.11. The number of unbranched alkanes of at least 4 members (excludes halogenated alkanes) is 2. The summed E-state index contributed by atoms with van der Waals surface area (Å²) in [6.45, 7) is 0. The molecule has 1 atom stereocenters. The number of carbonyl (C=O) groups is 2. The average Bonchev–Trinajstić information content (AvgIpc) is 2.67. The fourth-order valence-corrected chi connectivity index (χ4v) is 3.97. The van der Waals surface area contributed by atoms with E-state index in [1.54, 1.807) is 12.1 Å². The molecule has 0 bridgehead atoms. The van der Waals surface area contributed by atoms with Crippen LogP contribution >= 0.6 is 0 Å². The Labute approximate surface area is 164 Å². The Morgan fingerprint density at radius 2 is 1.46 bits per heavy atom. The van der Waals surface area contributed by atoms with Crippen LogP contribution in [-0.4, -0.2) is 36.6 Å². The molecule has 0 unspecified atom stereocenters. The third kappa shape index (κ3) is 6.47. The Kier molecular flexibility index (Phi) is 7.71. The zero-order valence-corrected chi connectivity index (χ0v) is 16.1. The fraction of sp³-hybridized carbons (Fsp3) is 0.300. The lowest BCUT2D eigenvalue weighted by Gasteiger charge is -2.15. The third-order valence-electron chi connectivity index (χ3n) is 4.25. The molecule has 3 N–H and O–H groups in total. The molecule has 0 amide bonds. The van der Waals surface area contributed by atoms with Crippen LogP contribution in [0.25, 0.3) is 11.1 Å². The molecular formula is C20H23NO6S. The molecule has 150 valence electrons. The van der Waals surface area contributed by atoms with E-state index in [1.807, 2.05) is 30.3 Å². The molecule has 0 saturated heterocycles. The zero-order valence-electron chi connectivity index (χ0n) is 15.2. The Hall–Kier alpha value is -2.71.